The Morgan fingerprint density at radius 3 is 2.36 bits per heavy atom. The van der Waals surface area contributed by atoms with Gasteiger partial charge in [0.2, 0.25) is 11.8 Å². The van der Waals surface area contributed by atoms with Crippen molar-refractivity contribution in [1.82, 2.24) is 9.80 Å². The Hall–Kier alpha value is -1.42. The van der Waals surface area contributed by atoms with Gasteiger partial charge in [-0.3, -0.25) is 29.0 Å². The molecular weight excluding hydrogens is 639 g/mol. The van der Waals surface area contributed by atoms with Crippen LogP contribution in [0.5, 0.6) is 5.75 Å². The van der Waals surface area contributed by atoms with Gasteiger partial charge in [-0.25, -0.2) is 0 Å². The van der Waals surface area contributed by atoms with Gasteiger partial charge >= 0.3 is 0 Å². The van der Waals surface area contributed by atoms with Crippen molar-refractivity contribution >= 4 is 78.7 Å². The third-order valence-corrected chi connectivity index (χ3v) is 10.4. The monoisotopic (exact) mass is 660 g/mol. The lowest BCUT2D eigenvalue weighted by Crippen LogP contribution is -2.60. The molecule has 0 aromatic heterocycles. The first-order chi connectivity index (χ1) is 16.7. The van der Waals surface area contributed by atoms with Crippen LogP contribution in [-0.2, 0) is 19.2 Å². The molecule has 2 saturated heterocycles. The number of hydrogen-bond acceptors (Lipinski definition) is 5. The SMILES string of the molecule is CC(C)(C)N1C(=O)C2CC=C3C(CC4(Cl)C(=O)N(CBr)C(=O)C4(Cl)C3c3cc(Br)ccc3O)C2C1=O. The Kier molecular flexibility index (Phi) is 6.03. The summed E-state index contributed by atoms with van der Waals surface area (Å²) in [6.45, 7) is 5.41. The number of rotatable bonds is 2. The van der Waals surface area contributed by atoms with E-state index in [0.717, 1.165) is 4.90 Å². The van der Waals surface area contributed by atoms with Crippen LogP contribution < -0.4 is 0 Å². The number of aromatic hydroxyl groups is 1. The molecule has 1 aromatic carbocycles. The summed E-state index contributed by atoms with van der Waals surface area (Å²) in [7, 11) is 0. The fraction of sp³-hybridized carbons (Fsp3) is 0.520. The first-order valence-electron chi connectivity index (χ1n) is 11.6. The van der Waals surface area contributed by atoms with Gasteiger partial charge in [-0.1, -0.05) is 43.5 Å². The third-order valence-electron chi connectivity index (χ3n) is 7.99. The summed E-state index contributed by atoms with van der Waals surface area (Å²) in [5.41, 5.74) is 0.144. The highest BCUT2D eigenvalue weighted by atomic mass is 79.9. The van der Waals surface area contributed by atoms with Gasteiger partial charge in [0.1, 0.15) is 5.75 Å². The summed E-state index contributed by atoms with van der Waals surface area (Å²) in [5, 5.41) is 10.9. The molecule has 0 bridgehead atoms. The number of phenolic OH excluding ortho intramolecular Hbond substituents is 1. The number of imide groups is 2. The third kappa shape index (κ3) is 3.21. The quantitative estimate of drug-likeness (QED) is 0.215. The molecule has 36 heavy (non-hydrogen) atoms. The topological polar surface area (TPSA) is 95.0 Å². The Balaban J connectivity index is 1.75. The molecule has 1 aromatic rings. The summed E-state index contributed by atoms with van der Waals surface area (Å²) in [5.74, 6) is -4.97. The molecular formula is C25H24Br2Cl2N2O5. The highest BCUT2D eigenvalue weighted by Gasteiger charge is 2.76. The van der Waals surface area contributed by atoms with Gasteiger partial charge in [0, 0.05) is 21.5 Å². The maximum atomic E-state index is 13.7. The van der Waals surface area contributed by atoms with Crippen LogP contribution in [0.15, 0.2) is 34.3 Å². The lowest BCUT2D eigenvalue weighted by molar-refractivity contribution is -0.146. The van der Waals surface area contributed by atoms with E-state index in [0.29, 0.717) is 15.6 Å². The van der Waals surface area contributed by atoms with Crippen molar-refractivity contribution < 1.29 is 24.3 Å². The summed E-state index contributed by atoms with van der Waals surface area (Å²) < 4.78 is 0.632. The molecule has 6 atom stereocenters. The Labute approximate surface area is 235 Å². The second kappa shape index (κ2) is 8.29. The largest absolute Gasteiger partial charge is 0.508 e. The maximum absolute atomic E-state index is 13.7. The second-order valence-electron chi connectivity index (χ2n) is 10.9. The normalized spacial score (nSPS) is 36.1. The van der Waals surface area contributed by atoms with E-state index < -0.39 is 50.8 Å². The minimum atomic E-state index is -1.94. The van der Waals surface area contributed by atoms with Crippen molar-refractivity contribution in [2.24, 2.45) is 17.8 Å². The Bertz CT molecular complexity index is 1260. The van der Waals surface area contributed by atoms with E-state index in [1.165, 1.54) is 11.0 Å². The molecule has 7 nitrogen and oxygen atoms in total. The Morgan fingerprint density at radius 2 is 1.75 bits per heavy atom. The standard InChI is InChI=1S/C25H24Br2Cl2N2O5/c1-23(2,3)31-19(33)13-6-5-12-15(17(13)20(31)34)9-24(28)21(35)30(10-26)22(36)25(24,29)18(12)14-8-11(27)4-7-16(14)32/h4-5,7-8,13,15,17-18,32H,6,9-10H2,1-3H3. The van der Waals surface area contributed by atoms with Crippen molar-refractivity contribution in [2.75, 3.05) is 5.45 Å². The zero-order valence-electron chi connectivity index (χ0n) is 19.7. The van der Waals surface area contributed by atoms with Crippen LogP contribution in [0, 0.1) is 17.8 Å². The van der Waals surface area contributed by atoms with E-state index >= 15 is 0 Å². The van der Waals surface area contributed by atoms with Gasteiger partial charge in [-0.15, -0.1) is 23.2 Å². The first kappa shape index (κ1) is 26.2. The molecule has 3 fully saturated rings. The lowest BCUT2D eigenvalue weighted by Gasteiger charge is -2.50. The van der Waals surface area contributed by atoms with Gasteiger partial charge < -0.3 is 5.11 Å². The average Bonchev–Trinajstić information content (AvgIpc) is 3.14. The zero-order valence-corrected chi connectivity index (χ0v) is 24.4. The van der Waals surface area contributed by atoms with Crippen LogP contribution in [0.3, 0.4) is 0 Å². The van der Waals surface area contributed by atoms with E-state index in [1.807, 2.05) is 6.08 Å². The number of benzene rings is 1. The maximum Gasteiger partial charge on any atom is 0.254 e. The zero-order chi connectivity index (χ0) is 26.5. The second-order valence-corrected chi connectivity index (χ2v) is 13.5. The van der Waals surface area contributed by atoms with Gasteiger partial charge in [-0.05, 0) is 57.7 Å². The highest BCUT2D eigenvalue weighted by molar-refractivity contribution is 9.10. The molecule has 5 rings (SSSR count). The Morgan fingerprint density at radius 1 is 1.08 bits per heavy atom. The molecule has 1 N–H and O–H groups in total. The fourth-order valence-electron chi connectivity index (χ4n) is 6.52. The molecule has 0 radical (unpaired) electrons. The van der Waals surface area contributed by atoms with Crippen molar-refractivity contribution in [2.45, 2.75) is 54.8 Å². The number of likely N-dealkylation sites (tertiary alicyclic amines) is 2. The number of alkyl halides is 3. The number of phenols is 1. The van der Waals surface area contributed by atoms with Gasteiger partial charge in [0.05, 0.1) is 17.3 Å². The lowest BCUT2D eigenvalue weighted by atomic mass is 9.56. The van der Waals surface area contributed by atoms with Gasteiger partial charge in [0.25, 0.3) is 11.8 Å². The highest BCUT2D eigenvalue weighted by Crippen LogP contribution is 2.66. The van der Waals surface area contributed by atoms with Crippen molar-refractivity contribution in [3.05, 3.63) is 39.9 Å². The number of fused-ring (bicyclic) bond motifs is 4. The molecule has 4 amide bonds. The number of carbonyl (C=O) groups is 4. The van der Waals surface area contributed by atoms with E-state index in [9.17, 15) is 24.3 Å². The number of carbonyl (C=O) groups excluding carboxylic acids is 4. The van der Waals surface area contributed by atoms with Gasteiger partial charge in [-0.2, -0.15) is 0 Å². The summed E-state index contributed by atoms with van der Waals surface area (Å²) in [6, 6.07) is 4.76. The smallest absolute Gasteiger partial charge is 0.254 e. The molecule has 2 aliphatic heterocycles. The van der Waals surface area contributed by atoms with Crippen LogP contribution in [0.1, 0.15) is 45.1 Å². The predicted octanol–water partition coefficient (Wildman–Crippen LogP) is 4.66. The molecule has 192 valence electrons. The molecule has 2 aliphatic carbocycles. The average molecular weight is 663 g/mol. The van der Waals surface area contributed by atoms with Crippen molar-refractivity contribution in [1.29, 1.82) is 0 Å². The molecule has 11 heteroatoms. The number of halogens is 4. The van der Waals surface area contributed by atoms with Crippen LogP contribution >= 0.6 is 55.1 Å². The first-order valence-corrected chi connectivity index (χ1v) is 14.2. The minimum absolute atomic E-state index is 0.0819. The molecule has 2 heterocycles. The van der Waals surface area contributed by atoms with Crippen LogP contribution in [0.25, 0.3) is 0 Å². The van der Waals surface area contributed by atoms with E-state index in [1.54, 1.807) is 32.9 Å². The van der Waals surface area contributed by atoms with Gasteiger partial charge in [0.15, 0.2) is 9.75 Å². The molecule has 1 saturated carbocycles. The number of amides is 4. The van der Waals surface area contributed by atoms with Crippen molar-refractivity contribution in [3.63, 3.8) is 0 Å². The van der Waals surface area contributed by atoms with Crippen molar-refractivity contribution in [3.8, 4) is 5.75 Å². The van der Waals surface area contributed by atoms with E-state index in [4.69, 9.17) is 23.2 Å². The minimum Gasteiger partial charge on any atom is -0.508 e. The summed E-state index contributed by atoms with van der Waals surface area (Å²) in [4.78, 5) is 52.8. The fourth-order valence-corrected chi connectivity index (χ4v) is 8.31. The number of hydrogen-bond donors (Lipinski definition) is 1. The van der Waals surface area contributed by atoms with Crippen LogP contribution in [0.4, 0.5) is 0 Å². The van der Waals surface area contributed by atoms with E-state index in [2.05, 4.69) is 31.9 Å². The summed E-state index contributed by atoms with van der Waals surface area (Å²) >= 11 is 20.9. The van der Waals surface area contributed by atoms with Crippen LogP contribution in [0.2, 0.25) is 0 Å². The summed E-state index contributed by atoms with van der Waals surface area (Å²) in [6.07, 6.45) is 2.05. The number of nitrogens with zero attached hydrogens (tertiary/aromatic N) is 2. The molecule has 6 unspecified atom stereocenters. The molecule has 0 spiro atoms. The van der Waals surface area contributed by atoms with E-state index in [-0.39, 0.29) is 35.9 Å². The van der Waals surface area contributed by atoms with Crippen LogP contribution in [-0.4, -0.2) is 59.3 Å². The predicted molar refractivity (Wildman–Crippen MR) is 141 cm³/mol. The number of allylic oxidation sites excluding steroid dienone is 2. The molecule has 4 aliphatic rings.